The molecule has 0 bridgehead atoms. The molecule has 1 saturated carbocycles. The fraction of sp³-hybridized carbons (Fsp3) is 0.211. The first-order valence-corrected chi connectivity index (χ1v) is 7.78. The van der Waals surface area contributed by atoms with Gasteiger partial charge in [0.25, 0.3) is 0 Å². The largest absolute Gasteiger partial charge is 0.352 e. The van der Waals surface area contributed by atoms with Crippen molar-refractivity contribution in [3.63, 3.8) is 0 Å². The summed E-state index contributed by atoms with van der Waals surface area (Å²) in [6.45, 7) is 0. The molecule has 1 heterocycles. The second kappa shape index (κ2) is 5.51. The number of aromatic nitrogens is 1. The number of halogens is 3. The summed E-state index contributed by atoms with van der Waals surface area (Å²) < 4.78 is 41.1. The van der Waals surface area contributed by atoms with Gasteiger partial charge in [0.2, 0.25) is 0 Å². The van der Waals surface area contributed by atoms with Crippen molar-refractivity contribution in [2.75, 3.05) is 0 Å². The van der Waals surface area contributed by atoms with Gasteiger partial charge in [-0.15, -0.1) is 0 Å². The van der Waals surface area contributed by atoms with Crippen LogP contribution >= 0.6 is 0 Å². The number of H-pyrrole nitrogens is 1. The lowest BCUT2D eigenvalue weighted by atomic mass is 9.71. The maximum Gasteiger partial charge on any atom is 0.150 e. The van der Waals surface area contributed by atoms with Crippen molar-refractivity contribution in [1.82, 2.24) is 4.98 Å². The fourth-order valence-electron chi connectivity index (χ4n) is 3.52. The minimum Gasteiger partial charge on any atom is -0.352 e. The van der Waals surface area contributed by atoms with Gasteiger partial charge in [0.05, 0.1) is 11.2 Å². The first-order valence-electron chi connectivity index (χ1n) is 7.78. The molecule has 24 heavy (non-hydrogen) atoms. The van der Waals surface area contributed by atoms with Crippen molar-refractivity contribution >= 4 is 17.2 Å². The van der Waals surface area contributed by atoms with E-state index in [9.17, 15) is 18.0 Å². The lowest BCUT2D eigenvalue weighted by Crippen LogP contribution is -2.23. The van der Waals surface area contributed by atoms with E-state index in [1.807, 2.05) is 0 Å². The maximum atomic E-state index is 14.2. The van der Waals surface area contributed by atoms with Gasteiger partial charge in [0, 0.05) is 17.4 Å². The Kier molecular flexibility index (Phi) is 3.44. The Hall–Kier alpha value is -2.56. The fourth-order valence-corrected chi connectivity index (χ4v) is 3.52. The van der Waals surface area contributed by atoms with Crippen LogP contribution < -0.4 is 0 Å². The van der Waals surface area contributed by atoms with Gasteiger partial charge in [-0.3, -0.25) is 0 Å². The summed E-state index contributed by atoms with van der Waals surface area (Å²) >= 11 is 0. The lowest BCUT2D eigenvalue weighted by Gasteiger charge is -2.32. The van der Waals surface area contributed by atoms with Crippen LogP contribution in [0.3, 0.4) is 0 Å². The number of benzene rings is 2. The molecule has 0 amide bonds. The number of hydrogen-bond donors (Lipinski definition) is 1. The molecule has 2 aromatic carbocycles. The molecule has 3 aromatic rings. The van der Waals surface area contributed by atoms with Gasteiger partial charge in [-0.25, -0.2) is 13.2 Å². The van der Waals surface area contributed by atoms with Gasteiger partial charge in [0.15, 0.2) is 0 Å². The van der Waals surface area contributed by atoms with Gasteiger partial charge < -0.3 is 9.78 Å². The highest BCUT2D eigenvalue weighted by molar-refractivity contribution is 5.92. The van der Waals surface area contributed by atoms with Crippen LogP contribution in [0.4, 0.5) is 13.2 Å². The third-order valence-electron chi connectivity index (χ3n) is 4.77. The van der Waals surface area contributed by atoms with E-state index in [2.05, 4.69) is 4.98 Å². The molecule has 1 N–H and O–H groups in total. The molecule has 1 aromatic heterocycles. The topological polar surface area (TPSA) is 32.9 Å². The van der Waals surface area contributed by atoms with Crippen LogP contribution in [0, 0.1) is 23.4 Å². The van der Waals surface area contributed by atoms with E-state index >= 15 is 0 Å². The molecule has 122 valence electrons. The number of carbonyl (C=O) groups is 1. The van der Waals surface area contributed by atoms with Gasteiger partial charge in [0.1, 0.15) is 23.7 Å². The molecule has 5 heteroatoms. The van der Waals surface area contributed by atoms with Crippen molar-refractivity contribution in [3.8, 4) is 11.3 Å². The molecular formula is C19H14F3NO. The Morgan fingerprint density at radius 2 is 1.71 bits per heavy atom. The zero-order chi connectivity index (χ0) is 16.8. The summed E-state index contributed by atoms with van der Waals surface area (Å²) in [7, 11) is 0. The van der Waals surface area contributed by atoms with Gasteiger partial charge >= 0.3 is 0 Å². The minimum absolute atomic E-state index is 0.0144. The zero-order valence-electron chi connectivity index (χ0n) is 12.7. The van der Waals surface area contributed by atoms with Crippen LogP contribution in [-0.2, 0) is 4.79 Å². The number of nitrogens with one attached hydrogen (secondary N) is 1. The van der Waals surface area contributed by atoms with Gasteiger partial charge in [-0.2, -0.15) is 0 Å². The van der Waals surface area contributed by atoms with E-state index in [1.54, 1.807) is 12.1 Å². The molecule has 0 unspecified atom stereocenters. The Morgan fingerprint density at radius 3 is 2.38 bits per heavy atom. The quantitative estimate of drug-likeness (QED) is 0.678. The summed E-state index contributed by atoms with van der Waals surface area (Å²) in [5.41, 5.74) is 2.40. The van der Waals surface area contributed by atoms with Gasteiger partial charge in [-0.1, -0.05) is 0 Å². The van der Waals surface area contributed by atoms with E-state index in [0.717, 1.165) is 17.9 Å². The number of fused-ring (bicyclic) bond motifs is 1. The van der Waals surface area contributed by atoms with Crippen molar-refractivity contribution in [2.45, 2.75) is 18.8 Å². The average molecular weight is 329 g/mol. The van der Waals surface area contributed by atoms with Crippen LogP contribution in [0.2, 0.25) is 0 Å². The van der Waals surface area contributed by atoms with Crippen LogP contribution in [0.1, 0.15) is 24.3 Å². The van der Waals surface area contributed by atoms with Crippen molar-refractivity contribution in [3.05, 3.63) is 59.4 Å². The summed E-state index contributed by atoms with van der Waals surface area (Å²) in [6.07, 6.45) is 2.23. The van der Waals surface area contributed by atoms with Crippen molar-refractivity contribution in [2.24, 2.45) is 5.92 Å². The Balaban J connectivity index is 1.93. The summed E-state index contributed by atoms with van der Waals surface area (Å²) in [4.78, 5) is 13.9. The lowest BCUT2D eigenvalue weighted by molar-refractivity contribution is -0.113. The summed E-state index contributed by atoms with van der Waals surface area (Å²) in [6, 6.07) is 8.02. The number of rotatable bonds is 3. The molecular weight excluding hydrogens is 315 g/mol. The van der Waals surface area contributed by atoms with E-state index in [-0.39, 0.29) is 23.2 Å². The molecule has 4 rings (SSSR count). The third kappa shape index (κ3) is 2.31. The maximum absolute atomic E-state index is 14.2. The minimum atomic E-state index is -0.661. The second-order valence-corrected chi connectivity index (χ2v) is 6.30. The average Bonchev–Trinajstić information content (AvgIpc) is 2.87. The monoisotopic (exact) mass is 329 g/mol. The third-order valence-corrected chi connectivity index (χ3v) is 4.77. The highest BCUT2D eigenvalue weighted by Gasteiger charge is 2.34. The van der Waals surface area contributed by atoms with Crippen molar-refractivity contribution in [1.29, 1.82) is 0 Å². The number of carbonyl (C=O) groups excluding carboxylic acids is 1. The predicted molar refractivity (Wildman–Crippen MR) is 85.1 cm³/mol. The molecule has 0 radical (unpaired) electrons. The Bertz CT molecular complexity index is 924. The number of hydrogen-bond acceptors (Lipinski definition) is 1. The first kappa shape index (κ1) is 15.0. The van der Waals surface area contributed by atoms with Gasteiger partial charge in [-0.05, 0) is 60.2 Å². The molecule has 1 fully saturated rings. The van der Waals surface area contributed by atoms with E-state index in [0.29, 0.717) is 29.5 Å². The molecule has 0 atom stereocenters. The normalized spacial score (nSPS) is 20.1. The van der Waals surface area contributed by atoms with Crippen LogP contribution in [0.25, 0.3) is 22.2 Å². The zero-order valence-corrected chi connectivity index (χ0v) is 12.7. The van der Waals surface area contributed by atoms with Crippen LogP contribution in [0.5, 0.6) is 0 Å². The summed E-state index contributed by atoms with van der Waals surface area (Å²) in [5, 5.41) is 0.487. The smallest absolute Gasteiger partial charge is 0.150 e. The van der Waals surface area contributed by atoms with Crippen LogP contribution in [-0.4, -0.2) is 11.3 Å². The van der Waals surface area contributed by atoms with Crippen molar-refractivity contribution < 1.29 is 18.0 Å². The van der Waals surface area contributed by atoms with Crippen LogP contribution in [0.15, 0.2) is 36.4 Å². The Labute approximate surface area is 136 Å². The van der Waals surface area contributed by atoms with E-state index in [4.69, 9.17) is 0 Å². The molecule has 1 aliphatic carbocycles. The predicted octanol–water partition coefficient (Wildman–Crippen LogP) is 4.94. The SMILES string of the molecule is O=CC1CC(c2c(-c3ccc(F)cc3)[nH]c3c(F)cc(F)cc23)C1. The molecule has 1 aliphatic rings. The highest BCUT2D eigenvalue weighted by Crippen LogP contribution is 2.47. The molecule has 0 spiro atoms. The molecule has 2 nitrogen and oxygen atoms in total. The number of aromatic amines is 1. The molecule has 0 aliphatic heterocycles. The first-order chi connectivity index (χ1) is 11.6. The van der Waals surface area contributed by atoms with E-state index < -0.39 is 11.6 Å². The van der Waals surface area contributed by atoms with E-state index in [1.165, 1.54) is 18.2 Å². The highest BCUT2D eigenvalue weighted by atomic mass is 19.1. The number of aldehydes is 1. The second-order valence-electron chi connectivity index (χ2n) is 6.30. The standard InChI is InChI=1S/C19H14F3NO/c20-13-3-1-11(2-4-13)18-17(12-5-10(6-12)9-24)15-7-14(21)8-16(22)19(15)23-18/h1-4,7-10,12,23H,5-6H2. The Morgan fingerprint density at radius 1 is 1.00 bits per heavy atom. The summed E-state index contributed by atoms with van der Waals surface area (Å²) in [5.74, 6) is -1.63. The molecule has 0 saturated heterocycles.